The fourth-order valence-corrected chi connectivity index (χ4v) is 9.04. The number of likely N-dealkylation sites (tertiary alicyclic amines) is 1. The summed E-state index contributed by atoms with van der Waals surface area (Å²) >= 11 is 3.72. The minimum absolute atomic E-state index is 0.0162. The van der Waals surface area contributed by atoms with Crippen molar-refractivity contribution in [1.82, 2.24) is 30.1 Å². The van der Waals surface area contributed by atoms with E-state index in [-0.39, 0.29) is 43.4 Å². The topological polar surface area (TPSA) is 156 Å². The summed E-state index contributed by atoms with van der Waals surface area (Å²) in [6, 6.07) is 14.0. The number of hydrogen-bond donors (Lipinski definition) is 2. The number of amides is 3. The predicted molar refractivity (Wildman–Crippen MR) is 195 cm³/mol. The Balaban J connectivity index is 1.35. The summed E-state index contributed by atoms with van der Waals surface area (Å²) in [7, 11) is 0. The highest BCUT2D eigenvalue weighted by molar-refractivity contribution is 9.09. The number of aliphatic hydroxyl groups excluding tert-OH is 1. The minimum atomic E-state index is -1.39. The molecule has 276 valence electrons. The maximum absolute atomic E-state index is 14.9. The number of hydrogen-bond acceptors (Lipinski definition) is 9. The van der Waals surface area contributed by atoms with Gasteiger partial charge in [-0.25, -0.2) is 4.68 Å². The van der Waals surface area contributed by atoms with Crippen LogP contribution in [0.25, 0.3) is 11.0 Å². The molecule has 6 rings (SSSR count). The van der Waals surface area contributed by atoms with Gasteiger partial charge in [0.1, 0.15) is 29.9 Å². The maximum atomic E-state index is 14.9. The Hall–Kier alpha value is -4.40. The van der Waals surface area contributed by atoms with Gasteiger partial charge in [0.15, 0.2) is 0 Å². The zero-order valence-corrected chi connectivity index (χ0v) is 30.9. The van der Waals surface area contributed by atoms with Crippen molar-refractivity contribution in [1.29, 1.82) is 0 Å². The molecule has 14 heteroatoms. The van der Waals surface area contributed by atoms with E-state index in [4.69, 9.17) is 9.47 Å². The van der Waals surface area contributed by atoms with E-state index in [9.17, 15) is 24.3 Å². The van der Waals surface area contributed by atoms with Crippen LogP contribution in [0.2, 0.25) is 0 Å². The summed E-state index contributed by atoms with van der Waals surface area (Å²) in [5.41, 5.74) is 0.662. The number of benzene rings is 2. The van der Waals surface area contributed by atoms with Gasteiger partial charge in [0, 0.05) is 17.8 Å². The molecule has 4 heterocycles. The van der Waals surface area contributed by atoms with Crippen molar-refractivity contribution in [3.05, 3.63) is 85.5 Å². The minimum Gasteiger partial charge on any atom is -0.455 e. The number of fused-ring (bicyclic) bond motifs is 2. The third-order valence-corrected chi connectivity index (χ3v) is 11.3. The van der Waals surface area contributed by atoms with Crippen LogP contribution in [-0.2, 0) is 35.3 Å². The first-order valence-electron chi connectivity index (χ1n) is 17.7. The lowest BCUT2D eigenvalue weighted by atomic mass is 9.70. The molecule has 52 heavy (non-hydrogen) atoms. The molecule has 1 unspecified atom stereocenters. The van der Waals surface area contributed by atoms with Crippen molar-refractivity contribution in [2.75, 3.05) is 13.2 Å². The largest absolute Gasteiger partial charge is 0.455 e. The Morgan fingerprint density at radius 1 is 1.17 bits per heavy atom. The molecule has 2 N–H and O–H groups in total. The van der Waals surface area contributed by atoms with Gasteiger partial charge < -0.3 is 29.7 Å². The molecule has 9 atom stereocenters. The smallest absolute Gasteiger partial charge is 0.313 e. The van der Waals surface area contributed by atoms with Gasteiger partial charge in [-0.1, -0.05) is 82.7 Å². The van der Waals surface area contributed by atoms with Crippen molar-refractivity contribution < 1.29 is 33.8 Å². The third kappa shape index (κ3) is 6.67. The summed E-state index contributed by atoms with van der Waals surface area (Å²) in [5.74, 6) is -3.88. The van der Waals surface area contributed by atoms with Crippen LogP contribution in [0.1, 0.15) is 51.2 Å². The normalized spacial score (nSPS) is 26.4. The molecular formula is C38H45BrN6O7. The first-order valence-corrected chi connectivity index (χ1v) is 18.6. The summed E-state index contributed by atoms with van der Waals surface area (Å²) < 4.78 is 14.6. The Labute approximate surface area is 311 Å². The standard InChI is InChI=1S/C38H45BrN6O7/c1-5-8-18-29(47)40-23(4)32(24-14-10-9-11-15-24)51-37(50)30-31-35(48)45(25(7-3)21-46)34(38(31)20-26(39)33(30)52-38)36(49)43(19-6-2)22-44-28-17-13-12-16-27(28)41-42-44/h5-6,9-17,23,25-26,30-34,46H,1-2,7-8,18-22H2,3-4H3,(H,40,47)/t23-,25+,26?,30-,31+,32-,33-,34-,38+/m1/s1. The average molecular weight is 778 g/mol. The number of halogens is 1. The molecule has 3 saturated heterocycles. The van der Waals surface area contributed by atoms with Gasteiger partial charge in [-0.15, -0.1) is 18.3 Å². The van der Waals surface area contributed by atoms with Gasteiger partial charge in [-0.3, -0.25) is 19.2 Å². The summed E-state index contributed by atoms with van der Waals surface area (Å²) in [5, 5.41) is 22.0. The number of ether oxygens (including phenoxy) is 2. The van der Waals surface area contributed by atoms with E-state index in [1.807, 2.05) is 61.5 Å². The zero-order chi connectivity index (χ0) is 37.2. The number of aromatic nitrogens is 3. The number of nitrogens with one attached hydrogen (secondary N) is 1. The van der Waals surface area contributed by atoms with E-state index >= 15 is 0 Å². The van der Waals surface area contributed by atoms with Crippen LogP contribution in [0.5, 0.6) is 0 Å². The first-order chi connectivity index (χ1) is 25.1. The van der Waals surface area contributed by atoms with Crippen molar-refractivity contribution in [3.8, 4) is 0 Å². The number of rotatable bonds is 16. The van der Waals surface area contributed by atoms with Crippen LogP contribution in [0.15, 0.2) is 79.9 Å². The van der Waals surface area contributed by atoms with Gasteiger partial charge in [0.2, 0.25) is 17.7 Å². The fraction of sp³-hybridized carbons (Fsp3) is 0.474. The van der Waals surface area contributed by atoms with E-state index in [1.165, 1.54) is 9.80 Å². The second kappa shape index (κ2) is 15.7. The van der Waals surface area contributed by atoms with Gasteiger partial charge >= 0.3 is 5.97 Å². The summed E-state index contributed by atoms with van der Waals surface area (Å²) in [6.45, 7) is 10.9. The highest BCUT2D eigenvalue weighted by Crippen LogP contribution is 2.61. The van der Waals surface area contributed by atoms with Crippen LogP contribution >= 0.6 is 15.9 Å². The van der Waals surface area contributed by atoms with Crippen LogP contribution in [0, 0.1) is 11.8 Å². The quantitative estimate of drug-likeness (QED) is 0.126. The monoisotopic (exact) mass is 776 g/mol. The average Bonchev–Trinajstić information content (AvgIpc) is 3.87. The number of allylic oxidation sites excluding steroid dienone is 1. The molecule has 2 bridgehead atoms. The molecule has 3 aliphatic rings. The van der Waals surface area contributed by atoms with Gasteiger partial charge in [-0.05, 0) is 43.9 Å². The number of para-hydroxylation sites is 1. The van der Waals surface area contributed by atoms with Crippen LogP contribution in [-0.4, -0.2) is 101 Å². The molecular weight excluding hydrogens is 732 g/mol. The SMILES string of the molecule is C=CCCC(=O)N[C@H](C)[C@@H](OC(=O)[C@H]1[C@@H]2O[C@@]3(CC2Br)[C@@H]1C(=O)N([C@@H](CC)CO)[C@@H]3C(=O)N(CC=C)Cn1nnc2ccccc21)c1ccccc1. The Morgan fingerprint density at radius 2 is 1.90 bits per heavy atom. The maximum Gasteiger partial charge on any atom is 0.313 e. The van der Waals surface area contributed by atoms with Gasteiger partial charge in [0.25, 0.3) is 0 Å². The fourth-order valence-electron chi connectivity index (χ4n) is 8.09. The molecule has 3 aliphatic heterocycles. The van der Waals surface area contributed by atoms with E-state index < -0.39 is 65.6 Å². The van der Waals surface area contributed by atoms with Gasteiger partial charge in [0.05, 0.1) is 42.1 Å². The summed E-state index contributed by atoms with van der Waals surface area (Å²) in [4.78, 5) is 59.4. The second-order valence-electron chi connectivity index (χ2n) is 13.7. The Bertz CT molecular complexity index is 1820. The second-order valence-corrected chi connectivity index (χ2v) is 14.8. The molecule has 1 spiro atoms. The zero-order valence-electron chi connectivity index (χ0n) is 29.3. The molecule has 1 aromatic heterocycles. The lowest BCUT2D eigenvalue weighted by Crippen LogP contribution is -2.59. The lowest BCUT2D eigenvalue weighted by molar-refractivity contribution is -0.162. The third-order valence-electron chi connectivity index (χ3n) is 10.5. The molecule has 3 fully saturated rings. The Kier molecular flexibility index (Phi) is 11.3. The molecule has 3 amide bonds. The summed E-state index contributed by atoms with van der Waals surface area (Å²) in [6.07, 6.45) is 2.97. The Morgan fingerprint density at radius 3 is 2.60 bits per heavy atom. The number of carbonyl (C=O) groups excluding carboxylic acids is 4. The number of aliphatic hydroxyl groups is 1. The van der Waals surface area contributed by atoms with Crippen LogP contribution in [0.3, 0.4) is 0 Å². The van der Waals surface area contributed by atoms with E-state index in [1.54, 1.807) is 23.8 Å². The molecule has 0 saturated carbocycles. The van der Waals surface area contributed by atoms with Crippen molar-refractivity contribution in [2.45, 2.75) is 87.0 Å². The molecule has 13 nitrogen and oxygen atoms in total. The molecule has 3 aromatic rings. The van der Waals surface area contributed by atoms with E-state index in [0.717, 1.165) is 5.52 Å². The van der Waals surface area contributed by atoms with Crippen molar-refractivity contribution in [3.63, 3.8) is 0 Å². The molecule has 0 aliphatic carbocycles. The van der Waals surface area contributed by atoms with E-state index in [0.29, 0.717) is 23.9 Å². The first kappa shape index (κ1) is 37.4. The van der Waals surface area contributed by atoms with Crippen LogP contribution in [0.4, 0.5) is 0 Å². The predicted octanol–water partition coefficient (Wildman–Crippen LogP) is 3.68. The molecule has 0 radical (unpaired) electrons. The number of alkyl halides is 1. The van der Waals surface area contributed by atoms with E-state index in [2.05, 4.69) is 44.7 Å². The molecule has 2 aromatic carbocycles. The number of carbonyl (C=O) groups is 4. The number of esters is 1. The van der Waals surface area contributed by atoms with Crippen molar-refractivity contribution >= 4 is 50.7 Å². The highest BCUT2D eigenvalue weighted by atomic mass is 79.9. The highest BCUT2D eigenvalue weighted by Gasteiger charge is 2.77. The lowest BCUT2D eigenvalue weighted by Gasteiger charge is -2.39. The van der Waals surface area contributed by atoms with Crippen LogP contribution < -0.4 is 5.32 Å². The van der Waals surface area contributed by atoms with Crippen molar-refractivity contribution in [2.24, 2.45) is 11.8 Å². The van der Waals surface area contributed by atoms with Gasteiger partial charge in [-0.2, -0.15) is 0 Å². The number of nitrogens with zero attached hydrogens (tertiary/aromatic N) is 5.